The van der Waals surface area contributed by atoms with Crippen molar-refractivity contribution in [3.05, 3.63) is 140 Å². The Balaban J connectivity index is 2.15. The molecule has 0 aliphatic carbocycles. The molecule has 0 fully saturated rings. The number of hydrogen-bond donors (Lipinski definition) is 0. The molecule has 0 amide bonds. The van der Waals surface area contributed by atoms with E-state index in [-0.39, 0.29) is 0 Å². The van der Waals surface area contributed by atoms with Crippen molar-refractivity contribution < 1.29 is 0 Å². The summed E-state index contributed by atoms with van der Waals surface area (Å²) in [6, 6.07) is 32.7. The largest absolute Gasteiger partial charge is 0.0843 e. The fraction of sp³-hybridized carbons (Fsp3) is 0.0769. The van der Waals surface area contributed by atoms with E-state index in [9.17, 15) is 0 Å². The van der Waals surface area contributed by atoms with Gasteiger partial charge in [-0.25, -0.2) is 0 Å². The molecule has 0 nitrogen and oxygen atoms in total. The number of rotatable bonds is 4. The summed E-state index contributed by atoms with van der Waals surface area (Å²) in [5, 5.41) is 2.12. The molecule has 4 aromatic carbocycles. The van der Waals surface area contributed by atoms with E-state index >= 15 is 0 Å². The molecule has 29 heavy (non-hydrogen) atoms. The zero-order valence-electron chi connectivity index (χ0n) is 15.9. The topological polar surface area (TPSA) is 0 Å². The fourth-order valence-corrected chi connectivity index (χ4v) is 4.44. The van der Waals surface area contributed by atoms with Crippen LogP contribution in [0.2, 0.25) is 15.1 Å². The molecule has 0 spiro atoms. The van der Waals surface area contributed by atoms with Crippen LogP contribution in [0.25, 0.3) is 0 Å². The maximum absolute atomic E-state index is 6.24. The fourth-order valence-electron chi connectivity index (χ4n) is 4.06. The molecule has 0 saturated carbocycles. The molecule has 0 atom stereocenters. The predicted molar refractivity (Wildman–Crippen MR) is 125 cm³/mol. The van der Waals surface area contributed by atoms with Gasteiger partial charge in [0.25, 0.3) is 0 Å². The van der Waals surface area contributed by atoms with Gasteiger partial charge in [-0.1, -0.05) is 95.5 Å². The van der Waals surface area contributed by atoms with Crippen LogP contribution in [0.3, 0.4) is 0 Å². The molecule has 3 heteroatoms. The summed E-state index contributed by atoms with van der Waals surface area (Å²) in [5.41, 5.74) is 5.24. The zero-order chi connectivity index (χ0) is 20.4. The van der Waals surface area contributed by atoms with Crippen LogP contribution < -0.4 is 0 Å². The van der Waals surface area contributed by atoms with Gasteiger partial charge in [0, 0.05) is 15.1 Å². The van der Waals surface area contributed by atoms with Crippen molar-refractivity contribution in [2.75, 3.05) is 0 Å². The number of aryl methyl sites for hydroxylation is 1. The summed E-state index contributed by atoms with van der Waals surface area (Å²) in [6.45, 7) is 2.14. The minimum atomic E-state index is -0.537. The van der Waals surface area contributed by atoms with Gasteiger partial charge in [0.15, 0.2) is 0 Å². The Morgan fingerprint density at radius 2 is 0.828 bits per heavy atom. The summed E-state index contributed by atoms with van der Waals surface area (Å²) >= 11 is 18.7. The molecule has 0 radical (unpaired) electrons. The number of halogens is 3. The SMILES string of the molecule is Cc1ccccc1C(c1ccc(Cl)cc1)(c1ccc(Cl)cc1)c1ccc(Cl)cc1. The maximum atomic E-state index is 6.24. The summed E-state index contributed by atoms with van der Waals surface area (Å²) < 4.78 is 0. The van der Waals surface area contributed by atoms with E-state index in [2.05, 4.69) is 67.6 Å². The molecule has 4 rings (SSSR count). The Kier molecular flexibility index (Phi) is 5.69. The molecule has 0 bridgehead atoms. The molecular formula is C26H19Cl3. The van der Waals surface area contributed by atoms with Gasteiger partial charge in [-0.3, -0.25) is 0 Å². The first-order valence-corrected chi connectivity index (χ1v) is 10.5. The zero-order valence-corrected chi connectivity index (χ0v) is 18.1. The highest BCUT2D eigenvalue weighted by Gasteiger charge is 2.39. The third kappa shape index (κ3) is 3.69. The molecule has 0 unspecified atom stereocenters. The first kappa shape index (κ1) is 20.0. The maximum Gasteiger partial charge on any atom is 0.0704 e. The Bertz CT molecular complexity index is 1000. The van der Waals surface area contributed by atoms with Gasteiger partial charge in [0.05, 0.1) is 5.41 Å². The van der Waals surface area contributed by atoms with E-state index in [1.54, 1.807) is 0 Å². The molecule has 0 saturated heterocycles. The van der Waals surface area contributed by atoms with E-state index in [0.29, 0.717) is 15.1 Å². The van der Waals surface area contributed by atoms with Crippen molar-refractivity contribution in [1.29, 1.82) is 0 Å². The van der Waals surface area contributed by atoms with Gasteiger partial charge in [-0.05, 0) is 71.1 Å². The van der Waals surface area contributed by atoms with Gasteiger partial charge >= 0.3 is 0 Å². The Morgan fingerprint density at radius 3 is 1.17 bits per heavy atom. The summed E-state index contributed by atoms with van der Waals surface area (Å²) in [4.78, 5) is 0. The van der Waals surface area contributed by atoms with Crippen molar-refractivity contribution in [3.63, 3.8) is 0 Å². The van der Waals surface area contributed by atoms with Crippen LogP contribution in [0.5, 0.6) is 0 Å². The van der Waals surface area contributed by atoms with Crippen molar-refractivity contribution in [3.8, 4) is 0 Å². The highest BCUT2D eigenvalue weighted by Crippen LogP contribution is 2.46. The Labute approximate surface area is 186 Å². The second kappa shape index (κ2) is 8.24. The monoisotopic (exact) mass is 436 g/mol. The van der Waals surface area contributed by atoms with E-state index < -0.39 is 5.41 Å². The van der Waals surface area contributed by atoms with E-state index in [1.807, 2.05) is 36.4 Å². The summed E-state index contributed by atoms with van der Waals surface area (Å²) in [5.74, 6) is 0. The number of benzene rings is 4. The average Bonchev–Trinajstić information content (AvgIpc) is 2.73. The molecule has 144 valence electrons. The second-order valence-electron chi connectivity index (χ2n) is 7.09. The summed E-state index contributed by atoms with van der Waals surface area (Å²) in [7, 11) is 0. The van der Waals surface area contributed by atoms with Crippen LogP contribution in [0, 0.1) is 6.92 Å². The lowest BCUT2D eigenvalue weighted by molar-refractivity contribution is 0.738. The van der Waals surface area contributed by atoms with Crippen LogP contribution in [0.4, 0.5) is 0 Å². The van der Waals surface area contributed by atoms with Gasteiger partial charge in [-0.15, -0.1) is 0 Å². The Morgan fingerprint density at radius 1 is 0.483 bits per heavy atom. The predicted octanol–water partition coefficient (Wildman–Crippen LogP) is 8.34. The van der Waals surface area contributed by atoms with Crippen molar-refractivity contribution >= 4 is 34.8 Å². The lowest BCUT2D eigenvalue weighted by atomic mass is 9.64. The molecule has 4 aromatic rings. The van der Waals surface area contributed by atoms with Crippen LogP contribution in [-0.4, -0.2) is 0 Å². The minimum absolute atomic E-state index is 0.537. The lowest BCUT2D eigenvalue weighted by Crippen LogP contribution is -2.31. The smallest absolute Gasteiger partial charge is 0.0704 e. The van der Waals surface area contributed by atoms with E-state index in [1.165, 1.54) is 11.1 Å². The average molecular weight is 438 g/mol. The molecule has 0 N–H and O–H groups in total. The van der Waals surface area contributed by atoms with Gasteiger partial charge in [0.2, 0.25) is 0 Å². The standard InChI is InChI=1S/C26H19Cl3/c1-18-4-2-3-5-25(18)26(19-6-12-22(27)13-7-19,20-8-14-23(28)15-9-20)21-10-16-24(29)17-11-21/h2-17H,1H3. The number of hydrogen-bond acceptors (Lipinski definition) is 0. The van der Waals surface area contributed by atoms with Crippen molar-refractivity contribution in [1.82, 2.24) is 0 Å². The Hall–Kier alpha value is -2.25. The second-order valence-corrected chi connectivity index (χ2v) is 8.39. The quantitative estimate of drug-likeness (QED) is 0.281. The van der Waals surface area contributed by atoms with Gasteiger partial charge in [-0.2, -0.15) is 0 Å². The minimum Gasteiger partial charge on any atom is -0.0843 e. The van der Waals surface area contributed by atoms with Crippen molar-refractivity contribution in [2.24, 2.45) is 0 Å². The van der Waals surface area contributed by atoms with Crippen molar-refractivity contribution in [2.45, 2.75) is 12.3 Å². The van der Waals surface area contributed by atoms with E-state index in [4.69, 9.17) is 34.8 Å². The normalized spacial score (nSPS) is 11.4. The molecular weight excluding hydrogens is 419 g/mol. The molecule has 0 aliphatic heterocycles. The molecule has 0 aliphatic rings. The van der Waals surface area contributed by atoms with Crippen LogP contribution in [-0.2, 0) is 5.41 Å². The van der Waals surface area contributed by atoms with Gasteiger partial charge < -0.3 is 0 Å². The third-order valence-corrected chi connectivity index (χ3v) is 6.14. The molecule has 0 aromatic heterocycles. The highest BCUT2D eigenvalue weighted by molar-refractivity contribution is 6.31. The van der Waals surface area contributed by atoms with Crippen LogP contribution in [0.15, 0.2) is 97.1 Å². The van der Waals surface area contributed by atoms with E-state index in [0.717, 1.165) is 16.7 Å². The first-order chi connectivity index (χ1) is 14.0. The first-order valence-electron chi connectivity index (χ1n) is 9.36. The molecule has 0 heterocycles. The van der Waals surface area contributed by atoms with Crippen LogP contribution in [0.1, 0.15) is 27.8 Å². The highest BCUT2D eigenvalue weighted by atomic mass is 35.5. The third-order valence-electron chi connectivity index (χ3n) is 5.38. The van der Waals surface area contributed by atoms with Gasteiger partial charge in [0.1, 0.15) is 0 Å². The summed E-state index contributed by atoms with van der Waals surface area (Å²) in [6.07, 6.45) is 0. The van der Waals surface area contributed by atoms with Crippen LogP contribution >= 0.6 is 34.8 Å². The lowest BCUT2D eigenvalue weighted by Gasteiger charge is -2.38.